The summed E-state index contributed by atoms with van der Waals surface area (Å²) in [6.45, 7) is 11.3. The highest BCUT2D eigenvalue weighted by Gasteiger charge is 2.15. The zero-order valence-corrected chi connectivity index (χ0v) is 19.2. The second-order valence-corrected chi connectivity index (χ2v) is 7.88. The molecule has 0 aliphatic carbocycles. The van der Waals surface area contributed by atoms with Crippen LogP contribution in [-0.4, -0.2) is 25.4 Å². The van der Waals surface area contributed by atoms with Crippen LogP contribution in [0, 0.1) is 24.7 Å². The smallest absolute Gasteiger partial charge is 0.127 e. The number of aryl methyl sites for hydroxylation is 1. The summed E-state index contributed by atoms with van der Waals surface area (Å²) < 4.78 is 17.1. The van der Waals surface area contributed by atoms with Gasteiger partial charge in [0.25, 0.3) is 0 Å². The van der Waals surface area contributed by atoms with Crippen LogP contribution in [0.1, 0.15) is 49.3 Å². The van der Waals surface area contributed by atoms with Crippen molar-refractivity contribution in [3.63, 3.8) is 0 Å². The van der Waals surface area contributed by atoms with Crippen molar-refractivity contribution in [2.45, 2.75) is 46.6 Å². The van der Waals surface area contributed by atoms with Crippen LogP contribution in [0.2, 0.25) is 0 Å². The molecule has 1 aromatic heterocycles. The molecule has 4 nitrogen and oxygen atoms in total. The molecule has 2 rings (SSSR count). The van der Waals surface area contributed by atoms with Crippen molar-refractivity contribution < 1.29 is 19.0 Å². The van der Waals surface area contributed by atoms with Crippen molar-refractivity contribution in [1.82, 2.24) is 0 Å². The zero-order valence-electron chi connectivity index (χ0n) is 19.2. The van der Waals surface area contributed by atoms with Crippen LogP contribution in [0.5, 0.6) is 5.75 Å². The first-order valence-corrected chi connectivity index (χ1v) is 10.6. The Morgan fingerprint density at radius 3 is 2.61 bits per heavy atom. The van der Waals surface area contributed by atoms with Crippen molar-refractivity contribution in [1.29, 1.82) is 0 Å². The van der Waals surface area contributed by atoms with Crippen molar-refractivity contribution in [2.75, 3.05) is 20.3 Å². The minimum atomic E-state index is -0.0894. The molecular weight excluding hydrogens is 388 g/mol. The van der Waals surface area contributed by atoms with Crippen molar-refractivity contribution in [3.8, 4) is 17.6 Å². The maximum atomic E-state index is 8.79. The highest BCUT2D eigenvalue weighted by Crippen LogP contribution is 2.26. The molecule has 0 spiro atoms. The third-order valence-corrected chi connectivity index (χ3v) is 5.14. The predicted octanol–water partition coefficient (Wildman–Crippen LogP) is 5.73. The highest BCUT2D eigenvalue weighted by atomic mass is 16.5. The highest BCUT2D eigenvalue weighted by molar-refractivity contribution is 5.49. The largest absolute Gasteiger partial charge is 0.497 e. The number of rotatable bonds is 11. The quantitative estimate of drug-likeness (QED) is 0.371. The summed E-state index contributed by atoms with van der Waals surface area (Å²) in [5.74, 6) is 8.68. The number of allylic oxidation sites excluding steroid dienone is 1. The van der Waals surface area contributed by atoms with Gasteiger partial charge in [-0.1, -0.05) is 30.2 Å². The molecular formula is C27H34O4. The molecule has 0 amide bonds. The van der Waals surface area contributed by atoms with E-state index < -0.39 is 0 Å². The van der Waals surface area contributed by atoms with Crippen molar-refractivity contribution in [3.05, 3.63) is 70.7 Å². The van der Waals surface area contributed by atoms with Gasteiger partial charge in [0.05, 0.1) is 20.3 Å². The topological polar surface area (TPSA) is 51.8 Å². The Morgan fingerprint density at radius 1 is 1.23 bits per heavy atom. The molecule has 0 radical (unpaired) electrons. The fourth-order valence-electron chi connectivity index (χ4n) is 3.29. The van der Waals surface area contributed by atoms with Gasteiger partial charge in [-0.3, -0.25) is 0 Å². The normalized spacial score (nSPS) is 12.2. The van der Waals surface area contributed by atoms with Gasteiger partial charge in [-0.05, 0) is 74.1 Å². The first-order chi connectivity index (χ1) is 14.9. The molecule has 1 heterocycles. The number of furan rings is 1. The first kappa shape index (κ1) is 24.5. The predicted molar refractivity (Wildman–Crippen MR) is 126 cm³/mol. The Morgan fingerprint density at radius 2 is 1.97 bits per heavy atom. The Kier molecular flexibility index (Phi) is 10.2. The van der Waals surface area contributed by atoms with Gasteiger partial charge in [0, 0.05) is 12.8 Å². The molecule has 0 saturated carbocycles. The van der Waals surface area contributed by atoms with Crippen LogP contribution < -0.4 is 4.74 Å². The number of hydrogen-bond acceptors (Lipinski definition) is 4. The van der Waals surface area contributed by atoms with E-state index >= 15 is 0 Å². The SMILES string of the molecule is C=C(C)[C@@H](CCC#CCO)Cc1oc(/C=C(/C)COCc2ccc(OC)cc2)cc1C. The summed E-state index contributed by atoms with van der Waals surface area (Å²) in [6, 6.07) is 9.96. The maximum absolute atomic E-state index is 8.79. The van der Waals surface area contributed by atoms with Gasteiger partial charge >= 0.3 is 0 Å². The molecule has 31 heavy (non-hydrogen) atoms. The van der Waals surface area contributed by atoms with E-state index in [-0.39, 0.29) is 6.61 Å². The van der Waals surface area contributed by atoms with Crippen molar-refractivity contribution >= 4 is 6.08 Å². The number of ether oxygens (including phenoxy) is 2. The van der Waals surface area contributed by atoms with E-state index in [0.717, 1.165) is 58.8 Å². The van der Waals surface area contributed by atoms with Crippen LogP contribution in [-0.2, 0) is 17.8 Å². The molecule has 0 saturated heterocycles. The van der Waals surface area contributed by atoms with Gasteiger partial charge in [0.15, 0.2) is 0 Å². The van der Waals surface area contributed by atoms with Crippen molar-refractivity contribution in [2.24, 2.45) is 5.92 Å². The van der Waals surface area contributed by atoms with E-state index in [1.165, 1.54) is 0 Å². The summed E-state index contributed by atoms with van der Waals surface area (Å²) in [5.41, 5.74) is 4.48. The maximum Gasteiger partial charge on any atom is 0.127 e. The fourth-order valence-corrected chi connectivity index (χ4v) is 3.29. The van der Waals surface area contributed by atoms with Gasteiger partial charge in [-0.15, -0.1) is 5.92 Å². The molecule has 0 bridgehead atoms. The van der Waals surface area contributed by atoms with E-state index in [1.807, 2.05) is 44.2 Å². The molecule has 1 atom stereocenters. The standard InChI is InChI=1S/C27H34O4/c1-20(2)24(9-7-6-8-14-28)17-27-22(4)16-26(31-27)15-21(3)18-30-19-23-10-12-25(29-5)13-11-23/h10-13,15-16,24,28H,1,7,9,14,17-19H2,2-5H3/b21-15-/t24-/m0/s1. The molecule has 2 aromatic rings. The van der Waals surface area contributed by atoms with Gasteiger partial charge in [-0.25, -0.2) is 0 Å². The first-order valence-electron chi connectivity index (χ1n) is 10.6. The molecule has 1 aromatic carbocycles. The summed E-state index contributed by atoms with van der Waals surface area (Å²) in [4.78, 5) is 0. The van der Waals surface area contributed by atoms with E-state index in [4.69, 9.17) is 19.0 Å². The summed E-state index contributed by atoms with van der Waals surface area (Å²) in [5, 5.41) is 8.79. The number of hydrogen-bond donors (Lipinski definition) is 1. The average molecular weight is 423 g/mol. The third-order valence-electron chi connectivity index (χ3n) is 5.14. The minimum absolute atomic E-state index is 0.0894. The average Bonchev–Trinajstić information content (AvgIpc) is 3.09. The van der Waals surface area contributed by atoms with Crippen LogP contribution in [0.3, 0.4) is 0 Å². The van der Waals surface area contributed by atoms with E-state index in [2.05, 4.69) is 31.4 Å². The second kappa shape index (κ2) is 12.8. The summed E-state index contributed by atoms with van der Waals surface area (Å²) >= 11 is 0. The van der Waals surface area contributed by atoms with Gasteiger partial charge in [-0.2, -0.15) is 0 Å². The lowest BCUT2D eigenvalue weighted by Crippen LogP contribution is -2.05. The monoisotopic (exact) mass is 422 g/mol. The molecule has 0 aliphatic rings. The molecule has 4 heteroatoms. The second-order valence-electron chi connectivity index (χ2n) is 7.88. The Hall–Kier alpha value is -2.74. The Balaban J connectivity index is 1.91. The van der Waals surface area contributed by atoms with Gasteiger partial charge < -0.3 is 19.0 Å². The fraction of sp³-hybridized carbons (Fsp3) is 0.407. The number of benzene rings is 1. The van der Waals surface area contributed by atoms with Crippen LogP contribution >= 0.6 is 0 Å². The summed E-state index contributed by atoms with van der Waals surface area (Å²) in [7, 11) is 1.66. The van der Waals surface area contributed by atoms with Crippen LogP contribution in [0.15, 0.2) is 52.5 Å². The van der Waals surface area contributed by atoms with Crippen LogP contribution in [0.4, 0.5) is 0 Å². The third kappa shape index (κ3) is 8.49. The lowest BCUT2D eigenvalue weighted by Gasteiger charge is -2.14. The molecule has 1 N–H and O–H groups in total. The molecule has 0 aliphatic heterocycles. The summed E-state index contributed by atoms with van der Waals surface area (Å²) in [6.07, 6.45) is 4.50. The minimum Gasteiger partial charge on any atom is -0.497 e. The lowest BCUT2D eigenvalue weighted by molar-refractivity contribution is 0.143. The number of methoxy groups -OCH3 is 1. The lowest BCUT2D eigenvalue weighted by atomic mass is 9.91. The van der Waals surface area contributed by atoms with E-state index in [1.54, 1.807) is 7.11 Å². The molecule has 0 fully saturated rings. The zero-order chi connectivity index (χ0) is 22.6. The van der Waals surface area contributed by atoms with Gasteiger partial charge in [0.1, 0.15) is 23.9 Å². The number of aliphatic hydroxyl groups is 1. The molecule has 0 unspecified atom stereocenters. The van der Waals surface area contributed by atoms with E-state index in [9.17, 15) is 0 Å². The molecule has 166 valence electrons. The Bertz CT molecular complexity index is 922. The van der Waals surface area contributed by atoms with Gasteiger partial charge in [0.2, 0.25) is 0 Å². The van der Waals surface area contributed by atoms with Crippen LogP contribution in [0.25, 0.3) is 6.08 Å². The van der Waals surface area contributed by atoms with E-state index in [0.29, 0.717) is 19.1 Å². The number of aliphatic hydroxyl groups excluding tert-OH is 1. The Labute approximate surface area is 186 Å².